The topological polar surface area (TPSA) is 28.2 Å². The van der Waals surface area contributed by atoms with Crippen LogP contribution >= 0.6 is 0 Å². The van der Waals surface area contributed by atoms with Crippen LogP contribution in [-0.4, -0.2) is 35.1 Å². The Morgan fingerprint density at radius 1 is 1.26 bits per heavy atom. The number of benzene rings is 1. The number of para-hydroxylation sites is 1. The van der Waals surface area contributed by atoms with Crippen molar-refractivity contribution in [3.05, 3.63) is 42.1 Å². The Hall–Kier alpha value is -1.45. The van der Waals surface area contributed by atoms with Gasteiger partial charge in [-0.3, -0.25) is 9.88 Å². The third-order valence-corrected chi connectivity index (χ3v) is 4.05. The van der Waals surface area contributed by atoms with Gasteiger partial charge in [0.1, 0.15) is 0 Å². The van der Waals surface area contributed by atoms with Gasteiger partial charge >= 0.3 is 0 Å². The van der Waals surface area contributed by atoms with Crippen molar-refractivity contribution >= 4 is 10.9 Å². The largest absolute Gasteiger partial charge is 0.314 e. The van der Waals surface area contributed by atoms with E-state index < -0.39 is 0 Å². The highest BCUT2D eigenvalue weighted by Gasteiger charge is 2.29. The molecule has 1 N–H and O–H groups in total. The SMILES string of the molecule is CC1(C)CNCCN1Cc1cccc2cccnc12. The summed E-state index contributed by atoms with van der Waals surface area (Å²) in [4.78, 5) is 7.10. The third kappa shape index (κ3) is 2.48. The first-order valence-corrected chi connectivity index (χ1v) is 6.95. The van der Waals surface area contributed by atoms with Gasteiger partial charge in [0.25, 0.3) is 0 Å². The molecule has 0 saturated carbocycles. The highest BCUT2D eigenvalue weighted by atomic mass is 15.2. The Labute approximate surface area is 114 Å². The van der Waals surface area contributed by atoms with Crippen molar-refractivity contribution in [1.29, 1.82) is 0 Å². The molecule has 100 valence electrons. The number of hydrogen-bond acceptors (Lipinski definition) is 3. The van der Waals surface area contributed by atoms with Gasteiger partial charge in [-0.05, 0) is 25.5 Å². The summed E-state index contributed by atoms with van der Waals surface area (Å²) in [5.41, 5.74) is 2.67. The summed E-state index contributed by atoms with van der Waals surface area (Å²) in [6, 6.07) is 10.6. The summed E-state index contributed by atoms with van der Waals surface area (Å²) >= 11 is 0. The van der Waals surface area contributed by atoms with Crippen LogP contribution in [0.2, 0.25) is 0 Å². The van der Waals surface area contributed by atoms with Gasteiger partial charge in [0.15, 0.2) is 0 Å². The van der Waals surface area contributed by atoms with E-state index in [1.165, 1.54) is 10.9 Å². The molecule has 0 aliphatic carbocycles. The van der Waals surface area contributed by atoms with Gasteiger partial charge in [-0.2, -0.15) is 0 Å². The van der Waals surface area contributed by atoms with Crippen LogP contribution in [0.15, 0.2) is 36.5 Å². The Balaban J connectivity index is 1.93. The molecule has 1 aromatic heterocycles. The number of nitrogens with zero attached hydrogens (tertiary/aromatic N) is 2. The minimum atomic E-state index is 0.204. The normalized spacial score (nSPS) is 19.7. The molecule has 3 heteroatoms. The number of rotatable bonds is 2. The van der Waals surface area contributed by atoms with Crippen LogP contribution in [-0.2, 0) is 6.54 Å². The molecule has 3 nitrogen and oxygen atoms in total. The highest BCUT2D eigenvalue weighted by molar-refractivity contribution is 5.81. The summed E-state index contributed by atoms with van der Waals surface area (Å²) < 4.78 is 0. The monoisotopic (exact) mass is 255 g/mol. The fraction of sp³-hybridized carbons (Fsp3) is 0.438. The molecule has 0 bridgehead atoms. The second-order valence-corrected chi connectivity index (χ2v) is 5.90. The molecule has 1 fully saturated rings. The Morgan fingerprint density at radius 2 is 2.11 bits per heavy atom. The maximum atomic E-state index is 4.55. The van der Waals surface area contributed by atoms with Gasteiger partial charge < -0.3 is 5.32 Å². The van der Waals surface area contributed by atoms with Gasteiger partial charge in [-0.1, -0.05) is 24.3 Å². The summed E-state index contributed by atoms with van der Waals surface area (Å²) in [5.74, 6) is 0. The van der Waals surface area contributed by atoms with Gasteiger partial charge in [0.05, 0.1) is 5.52 Å². The van der Waals surface area contributed by atoms with Crippen molar-refractivity contribution < 1.29 is 0 Å². The molecule has 2 heterocycles. The van der Waals surface area contributed by atoms with Crippen LogP contribution in [0.5, 0.6) is 0 Å². The zero-order valence-corrected chi connectivity index (χ0v) is 11.7. The van der Waals surface area contributed by atoms with E-state index in [0.717, 1.165) is 31.7 Å². The molecule has 1 aliphatic heterocycles. The lowest BCUT2D eigenvalue weighted by atomic mass is 9.98. The second kappa shape index (κ2) is 4.91. The Kier molecular flexibility index (Phi) is 3.25. The number of pyridine rings is 1. The molecule has 1 aliphatic rings. The van der Waals surface area contributed by atoms with Crippen LogP contribution in [0.25, 0.3) is 10.9 Å². The smallest absolute Gasteiger partial charge is 0.0746 e. The average Bonchev–Trinajstić information content (AvgIpc) is 2.41. The van der Waals surface area contributed by atoms with E-state index in [2.05, 4.69) is 53.3 Å². The summed E-state index contributed by atoms with van der Waals surface area (Å²) in [5, 5.41) is 4.70. The first-order valence-electron chi connectivity index (χ1n) is 6.95. The standard InChI is InChI=1S/C16H21N3/c1-16(2)12-17-9-10-19(16)11-14-6-3-5-13-7-4-8-18-15(13)14/h3-8,17H,9-12H2,1-2H3. The van der Waals surface area contributed by atoms with Gasteiger partial charge in [0, 0.05) is 43.3 Å². The van der Waals surface area contributed by atoms with Gasteiger partial charge in [-0.15, -0.1) is 0 Å². The molecule has 0 spiro atoms. The van der Waals surface area contributed by atoms with Crippen molar-refractivity contribution in [2.24, 2.45) is 0 Å². The molecule has 0 amide bonds. The molecule has 2 aromatic rings. The second-order valence-electron chi connectivity index (χ2n) is 5.90. The molecule has 1 aromatic carbocycles. The zero-order chi connectivity index (χ0) is 13.3. The van der Waals surface area contributed by atoms with E-state index in [4.69, 9.17) is 0 Å². The van der Waals surface area contributed by atoms with E-state index in [-0.39, 0.29) is 5.54 Å². The minimum absolute atomic E-state index is 0.204. The Morgan fingerprint density at radius 3 is 2.95 bits per heavy atom. The van der Waals surface area contributed by atoms with Crippen LogP contribution in [0, 0.1) is 0 Å². The number of piperazine rings is 1. The van der Waals surface area contributed by atoms with E-state index in [1.54, 1.807) is 0 Å². The lowest BCUT2D eigenvalue weighted by Crippen LogP contribution is -2.57. The fourth-order valence-corrected chi connectivity index (χ4v) is 2.82. The van der Waals surface area contributed by atoms with Gasteiger partial charge in [0.2, 0.25) is 0 Å². The molecule has 1 saturated heterocycles. The van der Waals surface area contributed by atoms with E-state index in [1.807, 2.05) is 12.3 Å². The molecular weight excluding hydrogens is 234 g/mol. The highest BCUT2D eigenvalue weighted by Crippen LogP contribution is 2.23. The van der Waals surface area contributed by atoms with E-state index >= 15 is 0 Å². The van der Waals surface area contributed by atoms with Crippen LogP contribution in [0.1, 0.15) is 19.4 Å². The van der Waals surface area contributed by atoms with Crippen LogP contribution in [0.3, 0.4) is 0 Å². The Bertz CT molecular complexity index is 572. The first-order chi connectivity index (χ1) is 9.17. The summed E-state index contributed by atoms with van der Waals surface area (Å²) in [7, 11) is 0. The lowest BCUT2D eigenvalue weighted by Gasteiger charge is -2.43. The molecular formula is C16H21N3. The van der Waals surface area contributed by atoms with Crippen molar-refractivity contribution in [1.82, 2.24) is 15.2 Å². The maximum absolute atomic E-state index is 4.55. The molecule has 3 rings (SSSR count). The van der Waals surface area contributed by atoms with Crippen molar-refractivity contribution in [2.75, 3.05) is 19.6 Å². The quantitative estimate of drug-likeness (QED) is 0.893. The zero-order valence-electron chi connectivity index (χ0n) is 11.7. The van der Waals surface area contributed by atoms with Crippen LogP contribution in [0.4, 0.5) is 0 Å². The van der Waals surface area contributed by atoms with Gasteiger partial charge in [-0.25, -0.2) is 0 Å². The fourth-order valence-electron chi connectivity index (χ4n) is 2.82. The maximum Gasteiger partial charge on any atom is 0.0746 e. The number of nitrogens with one attached hydrogen (secondary N) is 1. The van der Waals surface area contributed by atoms with E-state index in [0.29, 0.717) is 0 Å². The molecule has 19 heavy (non-hydrogen) atoms. The average molecular weight is 255 g/mol. The first kappa shape index (κ1) is 12.6. The number of fused-ring (bicyclic) bond motifs is 1. The van der Waals surface area contributed by atoms with Crippen molar-refractivity contribution in [2.45, 2.75) is 25.9 Å². The predicted molar refractivity (Wildman–Crippen MR) is 79.1 cm³/mol. The van der Waals surface area contributed by atoms with Crippen molar-refractivity contribution in [3.63, 3.8) is 0 Å². The number of aromatic nitrogens is 1. The molecule has 0 radical (unpaired) electrons. The lowest BCUT2D eigenvalue weighted by molar-refractivity contribution is 0.0831. The third-order valence-electron chi connectivity index (χ3n) is 4.05. The molecule has 0 atom stereocenters. The summed E-state index contributed by atoms with van der Waals surface area (Å²) in [6.07, 6.45) is 1.88. The summed E-state index contributed by atoms with van der Waals surface area (Å²) in [6.45, 7) is 8.79. The predicted octanol–water partition coefficient (Wildman–Crippen LogP) is 2.42. The van der Waals surface area contributed by atoms with Crippen molar-refractivity contribution in [3.8, 4) is 0 Å². The van der Waals surface area contributed by atoms with Crippen LogP contribution < -0.4 is 5.32 Å². The molecule has 0 unspecified atom stereocenters. The van der Waals surface area contributed by atoms with E-state index in [9.17, 15) is 0 Å². The number of hydrogen-bond donors (Lipinski definition) is 1. The minimum Gasteiger partial charge on any atom is -0.314 e.